The van der Waals surface area contributed by atoms with Crippen LogP contribution in [0.5, 0.6) is 0 Å². The number of anilines is 1. The van der Waals surface area contributed by atoms with Gasteiger partial charge in [0.15, 0.2) is 5.82 Å². The Hall–Kier alpha value is -1.24. The number of fused-ring (bicyclic) bond motifs is 3. The number of nitrogens with zero attached hydrogens (tertiary/aromatic N) is 2. The molecule has 1 fully saturated rings. The summed E-state index contributed by atoms with van der Waals surface area (Å²) in [7, 11) is 0. The summed E-state index contributed by atoms with van der Waals surface area (Å²) in [5.74, 6) is 2.12. The van der Waals surface area contributed by atoms with Crippen molar-refractivity contribution in [3.8, 4) is 0 Å². The summed E-state index contributed by atoms with van der Waals surface area (Å²) in [5.41, 5.74) is 4.52. The molecule has 1 saturated heterocycles. The molecule has 2 aromatic rings. The molecule has 118 valence electrons. The third-order valence-corrected chi connectivity index (χ3v) is 5.62. The molecule has 0 bridgehead atoms. The van der Waals surface area contributed by atoms with Crippen molar-refractivity contribution in [2.75, 3.05) is 25.3 Å². The number of nitrogens with one attached hydrogen (secondary N) is 1. The summed E-state index contributed by atoms with van der Waals surface area (Å²) in [6.07, 6.45) is 5.93. The number of hydrogen-bond donors (Lipinski definition) is 1. The maximum absolute atomic E-state index is 5.71. The van der Waals surface area contributed by atoms with Gasteiger partial charge in [0.1, 0.15) is 10.7 Å². The zero-order valence-corrected chi connectivity index (χ0v) is 13.7. The van der Waals surface area contributed by atoms with Gasteiger partial charge in [-0.05, 0) is 44.6 Å². The molecule has 1 N–H and O–H groups in total. The second-order valence-electron chi connectivity index (χ2n) is 6.15. The number of rotatable bonds is 4. The first-order chi connectivity index (χ1) is 10.8. The van der Waals surface area contributed by atoms with Gasteiger partial charge in [0.05, 0.1) is 18.6 Å². The fraction of sp³-hybridized carbons (Fsp3) is 0.625. The Kier molecular flexibility index (Phi) is 3.98. The molecule has 4 rings (SSSR count). The first kappa shape index (κ1) is 14.4. The van der Waals surface area contributed by atoms with Crippen LogP contribution in [0.4, 0.5) is 5.82 Å². The zero-order chi connectivity index (χ0) is 14.9. The highest BCUT2D eigenvalue weighted by Gasteiger charge is 2.21. The van der Waals surface area contributed by atoms with E-state index in [1.54, 1.807) is 0 Å². The zero-order valence-electron chi connectivity index (χ0n) is 12.9. The quantitative estimate of drug-likeness (QED) is 0.877. The first-order valence-electron chi connectivity index (χ1n) is 8.05. The van der Waals surface area contributed by atoms with Gasteiger partial charge in [-0.1, -0.05) is 0 Å². The van der Waals surface area contributed by atoms with Crippen LogP contribution in [-0.4, -0.2) is 29.8 Å². The number of ether oxygens (including phenoxy) is 1. The number of aryl methyl sites for hydroxylation is 3. The van der Waals surface area contributed by atoms with E-state index in [1.807, 2.05) is 18.3 Å². The van der Waals surface area contributed by atoms with E-state index < -0.39 is 0 Å². The molecule has 6 heteroatoms. The highest BCUT2D eigenvalue weighted by molar-refractivity contribution is 7.19. The van der Waals surface area contributed by atoms with Gasteiger partial charge in [-0.15, -0.1) is 11.3 Å². The van der Waals surface area contributed by atoms with Crippen molar-refractivity contribution in [2.24, 2.45) is 5.92 Å². The lowest BCUT2D eigenvalue weighted by Gasteiger charge is -2.14. The Balaban J connectivity index is 1.59. The molecule has 1 unspecified atom stereocenters. The highest BCUT2D eigenvalue weighted by Crippen LogP contribution is 2.38. The molecule has 1 atom stereocenters. The van der Waals surface area contributed by atoms with Gasteiger partial charge >= 0.3 is 0 Å². The molecular formula is C16H21N3O2S. The fourth-order valence-corrected chi connectivity index (χ4v) is 4.59. The Labute approximate surface area is 134 Å². The van der Waals surface area contributed by atoms with Crippen LogP contribution in [0.1, 0.15) is 35.5 Å². The molecule has 2 aromatic heterocycles. The number of aromatic nitrogens is 2. The highest BCUT2D eigenvalue weighted by atomic mass is 32.1. The van der Waals surface area contributed by atoms with E-state index in [0.717, 1.165) is 42.5 Å². The van der Waals surface area contributed by atoms with Crippen LogP contribution in [0.3, 0.4) is 0 Å². The second-order valence-corrected chi connectivity index (χ2v) is 7.24. The molecule has 2 aliphatic rings. The minimum Gasteiger partial charge on any atom is -0.381 e. The van der Waals surface area contributed by atoms with Crippen LogP contribution < -0.4 is 5.48 Å². The van der Waals surface area contributed by atoms with E-state index in [-0.39, 0.29) is 0 Å². The lowest BCUT2D eigenvalue weighted by atomic mass is 9.97. The molecule has 5 nitrogen and oxygen atoms in total. The third-order valence-electron chi connectivity index (χ3n) is 4.44. The summed E-state index contributed by atoms with van der Waals surface area (Å²) in [4.78, 5) is 17.5. The standard InChI is InChI=1S/C16H21N3O2S/c1-10-17-15(19-21-9-11-6-7-20-8-11)14-12-4-2-3-5-13(12)22-16(14)18-10/h11H,2-9H2,1H3,(H,17,18,19). The number of hydrogen-bond acceptors (Lipinski definition) is 6. The molecule has 22 heavy (non-hydrogen) atoms. The SMILES string of the molecule is Cc1nc(NOCC2CCOC2)c2c3c(sc2n1)CCCC3. The van der Waals surface area contributed by atoms with Crippen LogP contribution in [0.15, 0.2) is 0 Å². The summed E-state index contributed by atoms with van der Waals surface area (Å²) >= 11 is 1.82. The number of thiophene rings is 1. The monoisotopic (exact) mass is 319 g/mol. The topological polar surface area (TPSA) is 56.3 Å². The summed E-state index contributed by atoms with van der Waals surface area (Å²) in [5, 5.41) is 1.17. The van der Waals surface area contributed by atoms with Crippen molar-refractivity contribution in [1.29, 1.82) is 0 Å². The van der Waals surface area contributed by atoms with Crippen LogP contribution >= 0.6 is 11.3 Å². The summed E-state index contributed by atoms with van der Waals surface area (Å²) in [6.45, 7) is 4.25. The van der Waals surface area contributed by atoms with Gasteiger partial charge in [0, 0.05) is 17.4 Å². The van der Waals surface area contributed by atoms with Gasteiger partial charge in [0.2, 0.25) is 0 Å². The molecule has 1 aliphatic carbocycles. The minimum absolute atomic E-state index is 0.488. The Morgan fingerprint density at radius 1 is 1.32 bits per heavy atom. The van der Waals surface area contributed by atoms with Crippen molar-refractivity contribution < 1.29 is 9.57 Å². The van der Waals surface area contributed by atoms with Gasteiger partial charge < -0.3 is 4.74 Å². The van der Waals surface area contributed by atoms with Crippen LogP contribution in [0, 0.1) is 12.8 Å². The van der Waals surface area contributed by atoms with Gasteiger partial charge in [0.25, 0.3) is 0 Å². The van der Waals surface area contributed by atoms with E-state index in [1.165, 1.54) is 35.1 Å². The average molecular weight is 319 g/mol. The van der Waals surface area contributed by atoms with Gasteiger partial charge in [-0.25, -0.2) is 15.4 Å². The Morgan fingerprint density at radius 2 is 2.23 bits per heavy atom. The lowest BCUT2D eigenvalue weighted by Crippen LogP contribution is -2.14. The fourth-order valence-electron chi connectivity index (χ4n) is 3.28. The molecule has 0 amide bonds. The third kappa shape index (κ3) is 2.71. The van der Waals surface area contributed by atoms with Crippen molar-refractivity contribution in [3.05, 3.63) is 16.3 Å². The predicted octanol–water partition coefficient (Wildman–Crippen LogP) is 3.26. The smallest absolute Gasteiger partial charge is 0.162 e. The van der Waals surface area contributed by atoms with Crippen molar-refractivity contribution in [2.45, 2.75) is 39.0 Å². The Bertz CT molecular complexity index is 680. The lowest BCUT2D eigenvalue weighted by molar-refractivity contribution is 0.126. The second kappa shape index (κ2) is 6.10. The molecule has 0 aromatic carbocycles. The van der Waals surface area contributed by atoms with Crippen molar-refractivity contribution in [3.63, 3.8) is 0 Å². The summed E-state index contributed by atoms with van der Waals surface area (Å²) < 4.78 is 5.38. The van der Waals surface area contributed by atoms with E-state index in [2.05, 4.69) is 15.4 Å². The van der Waals surface area contributed by atoms with Gasteiger partial charge in [-0.2, -0.15) is 0 Å². The predicted molar refractivity (Wildman–Crippen MR) is 87.3 cm³/mol. The summed E-state index contributed by atoms with van der Waals surface area (Å²) in [6, 6.07) is 0. The molecule has 0 spiro atoms. The van der Waals surface area contributed by atoms with E-state index in [4.69, 9.17) is 9.57 Å². The van der Waals surface area contributed by atoms with E-state index >= 15 is 0 Å². The molecule has 0 saturated carbocycles. The largest absolute Gasteiger partial charge is 0.381 e. The normalized spacial score (nSPS) is 21.2. The molecule has 0 radical (unpaired) electrons. The molecule has 1 aliphatic heterocycles. The van der Waals surface area contributed by atoms with E-state index in [0.29, 0.717) is 12.5 Å². The minimum atomic E-state index is 0.488. The van der Waals surface area contributed by atoms with Crippen LogP contribution in [0.25, 0.3) is 10.2 Å². The van der Waals surface area contributed by atoms with Gasteiger partial charge in [-0.3, -0.25) is 4.84 Å². The van der Waals surface area contributed by atoms with Crippen molar-refractivity contribution >= 4 is 27.4 Å². The van der Waals surface area contributed by atoms with Crippen LogP contribution in [-0.2, 0) is 22.4 Å². The molecule has 3 heterocycles. The van der Waals surface area contributed by atoms with E-state index in [9.17, 15) is 0 Å². The maximum Gasteiger partial charge on any atom is 0.162 e. The van der Waals surface area contributed by atoms with Crippen LogP contribution in [0.2, 0.25) is 0 Å². The first-order valence-corrected chi connectivity index (χ1v) is 8.87. The maximum atomic E-state index is 5.71. The average Bonchev–Trinajstić information content (AvgIpc) is 3.13. The Morgan fingerprint density at radius 3 is 3.09 bits per heavy atom. The van der Waals surface area contributed by atoms with Crippen molar-refractivity contribution in [1.82, 2.24) is 9.97 Å². The molecular weight excluding hydrogens is 298 g/mol.